The van der Waals surface area contributed by atoms with Crippen molar-refractivity contribution < 1.29 is 0 Å². The van der Waals surface area contributed by atoms with Crippen LogP contribution in [0.1, 0.15) is 38.1 Å². The van der Waals surface area contributed by atoms with Gasteiger partial charge in [-0.15, -0.1) is 0 Å². The molecule has 1 N–H and O–H groups in total. The van der Waals surface area contributed by atoms with Gasteiger partial charge in [-0.3, -0.25) is 0 Å². The van der Waals surface area contributed by atoms with Crippen molar-refractivity contribution in [2.45, 2.75) is 40.0 Å². The zero-order valence-corrected chi connectivity index (χ0v) is 14.3. The van der Waals surface area contributed by atoms with Crippen LogP contribution in [0.15, 0.2) is 30.3 Å². The average Bonchev–Trinajstić information content (AvgIpc) is 2.56. The molecule has 122 valence electrons. The van der Waals surface area contributed by atoms with Gasteiger partial charge < -0.3 is 10.2 Å². The lowest BCUT2D eigenvalue weighted by molar-refractivity contribution is 0.436. The van der Waals surface area contributed by atoms with Gasteiger partial charge in [0.25, 0.3) is 0 Å². The van der Waals surface area contributed by atoms with Crippen molar-refractivity contribution >= 4 is 17.3 Å². The quantitative estimate of drug-likeness (QED) is 0.912. The molecule has 1 saturated heterocycles. The highest BCUT2D eigenvalue weighted by molar-refractivity contribution is 5.60. The summed E-state index contributed by atoms with van der Waals surface area (Å²) in [7, 11) is 0. The molecule has 1 aromatic heterocycles. The van der Waals surface area contributed by atoms with Crippen molar-refractivity contribution in [2.75, 3.05) is 23.3 Å². The number of aromatic nitrogens is 2. The van der Waals surface area contributed by atoms with Crippen LogP contribution < -0.4 is 10.2 Å². The molecule has 0 radical (unpaired) electrons. The van der Waals surface area contributed by atoms with Crippen LogP contribution >= 0.6 is 0 Å². The van der Waals surface area contributed by atoms with E-state index in [1.165, 1.54) is 18.4 Å². The van der Waals surface area contributed by atoms with Crippen LogP contribution in [-0.4, -0.2) is 23.1 Å². The number of nitrogens with one attached hydrogen (secondary N) is 1. The third kappa shape index (κ3) is 4.01. The molecule has 0 bridgehead atoms. The number of benzene rings is 1. The molecule has 1 fully saturated rings. The summed E-state index contributed by atoms with van der Waals surface area (Å²) in [4.78, 5) is 11.5. The van der Waals surface area contributed by atoms with Gasteiger partial charge in [0.15, 0.2) is 0 Å². The first-order valence-corrected chi connectivity index (χ1v) is 8.60. The van der Waals surface area contributed by atoms with E-state index in [1.54, 1.807) is 0 Å². The van der Waals surface area contributed by atoms with Crippen LogP contribution in [0.3, 0.4) is 0 Å². The first kappa shape index (κ1) is 15.8. The van der Waals surface area contributed by atoms with Crippen LogP contribution in [0.4, 0.5) is 17.3 Å². The largest absolute Gasteiger partial charge is 0.356 e. The van der Waals surface area contributed by atoms with Crippen LogP contribution in [0.5, 0.6) is 0 Å². The Morgan fingerprint density at radius 3 is 2.48 bits per heavy atom. The second kappa shape index (κ2) is 6.99. The Balaban J connectivity index is 1.76. The van der Waals surface area contributed by atoms with E-state index in [9.17, 15) is 0 Å². The predicted molar refractivity (Wildman–Crippen MR) is 96.5 cm³/mol. The van der Waals surface area contributed by atoms with Crippen molar-refractivity contribution in [3.05, 3.63) is 41.7 Å². The second-order valence-electron chi connectivity index (χ2n) is 6.50. The molecule has 0 amide bonds. The Kier molecular flexibility index (Phi) is 4.79. The van der Waals surface area contributed by atoms with Gasteiger partial charge in [0.1, 0.15) is 17.5 Å². The monoisotopic (exact) mass is 310 g/mol. The number of rotatable bonds is 4. The van der Waals surface area contributed by atoms with Gasteiger partial charge >= 0.3 is 0 Å². The fraction of sp³-hybridized carbons (Fsp3) is 0.474. The van der Waals surface area contributed by atoms with Crippen molar-refractivity contribution in [2.24, 2.45) is 5.92 Å². The lowest BCUT2D eigenvalue weighted by atomic mass is 9.99. The van der Waals surface area contributed by atoms with Gasteiger partial charge in [-0.25, -0.2) is 9.97 Å². The van der Waals surface area contributed by atoms with E-state index in [4.69, 9.17) is 0 Å². The molecule has 2 heterocycles. The molecule has 1 aliphatic heterocycles. The van der Waals surface area contributed by atoms with Gasteiger partial charge in [-0.1, -0.05) is 26.0 Å². The number of hydrogen-bond donors (Lipinski definition) is 1. The van der Waals surface area contributed by atoms with E-state index in [0.29, 0.717) is 0 Å². The molecule has 0 atom stereocenters. The summed E-state index contributed by atoms with van der Waals surface area (Å²) in [6, 6.07) is 10.6. The van der Waals surface area contributed by atoms with E-state index in [0.717, 1.165) is 48.6 Å². The van der Waals surface area contributed by atoms with Gasteiger partial charge in [-0.05, 0) is 49.8 Å². The maximum absolute atomic E-state index is 4.63. The van der Waals surface area contributed by atoms with E-state index in [1.807, 2.05) is 6.92 Å². The van der Waals surface area contributed by atoms with Crippen LogP contribution in [0.2, 0.25) is 0 Å². The Hall–Kier alpha value is -2.10. The Morgan fingerprint density at radius 1 is 1.13 bits per heavy atom. The van der Waals surface area contributed by atoms with E-state index < -0.39 is 0 Å². The first-order valence-electron chi connectivity index (χ1n) is 8.60. The third-order valence-corrected chi connectivity index (χ3v) is 4.57. The molecule has 3 rings (SSSR count). The number of piperidine rings is 1. The Labute approximate surface area is 139 Å². The van der Waals surface area contributed by atoms with Gasteiger partial charge in [-0.2, -0.15) is 0 Å². The lowest BCUT2D eigenvalue weighted by Gasteiger charge is -2.31. The standard InChI is InChI=1S/C19H26N4/c1-4-16-5-7-17(8-6-16)22-18-13-19(21-15(3)20-18)23-11-9-14(2)10-12-23/h5-8,13-14H,4,9-12H2,1-3H3,(H,20,21,22). The minimum atomic E-state index is 0.814. The number of aryl methyl sites for hydroxylation is 2. The molecule has 0 spiro atoms. The molecule has 0 saturated carbocycles. The second-order valence-corrected chi connectivity index (χ2v) is 6.50. The zero-order chi connectivity index (χ0) is 16.2. The fourth-order valence-corrected chi connectivity index (χ4v) is 2.99. The van der Waals surface area contributed by atoms with Crippen LogP contribution in [0.25, 0.3) is 0 Å². The van der Waals surface area contributed by atoms with E-state index >= 15 is 0 Å². The number of nitrogens with zero attached hydrogens (tertiary/aromatic N) is 3. The van der Waals surface area contributed by atoms with E-state index in [-0.39, 0.29) is 0 Å². The molecule has 1 aromatic carbocycles. The molecule has 4 nitrogen and oxygen atoms in total. The highest BCUT2D eigenvalue weighted by atomic mass is 15.2. The smallest absolute Gasteiger partial charge is 0.136 e. The first-order chi connectivity index (χ1) is 11.1. The number of hydrogen-bond acceptors (Lipinski definition) is 4. The SMILES string of the molecule is CCc1ccc(Nc2cc(N3CCC(C)CC3)nc(C)n2)cc1. The molecular weight excluding hydrogens is 284 g/mol. The van der Waals surface area contributed by atoms with Crippen molar-refractivity contribution in [1.29, 1.82) is 0 Å². The zero-order valence-electron chi connectivity index (χ0n) is 14.3. The van der Waals surface area contributed by atoms with Gasteiger partial charge in [0.2, 0.25) is 0 Å². The molecule has 0 aliphatic carbocycles. The minimum absolute atomic E-state index is 0.814. The molecular formula is C19H26N4. The molecule has 23 heavy (non-hydrogen) atoms. The maximum Gasteiger partial charge on any atom is 0.136 e. The normalized spacial score (nSPS) is 15.7. The molecule has 0 unspecified atom stereocenters. The van der Waals surface area contributed by atoms with Gasteiger partial charge in [0.05, 0.1) is 0 Å². The predicted octanol–water partition coefficient (Wildman–Crippen LogP) is 4.33. The van der Waals surface area contributed by atoms with Crippen LogP contribution in [0, 0.1) is 12.8 Å². The molecule has 2 aromatic rings. The summed E-state index contributed by atoms with van der Waals surface area (Å²) in [5.41, 5.74) is 2.41. The molecule has 1 aliphatic rings. The summed E-state index contributed by atoms with van der Waals surface area (Å²) < 4.78 is 0. The summed E-state index contributed by atoms with van der Waals surface area (Å²) in [6.45, 7) is 8.63. The van der Waals surface area contributed by atoms with Crippen molar-refractivity contribution in [1.82, 2.24) is 9.97 Å². The topological polar surface area (TPSA) is 41.0 Å². The Morgan fingerprint density at radius 2 is 1.83 bits per heavy atom. The van der Waals surface area contributed by atoms with Gasteiger partial charge in [0, 0.05) is 24.8 Å². The Bertz CT molecular complexity index is 643. The minimum Gasteiger partial charge on any atom is -0.356 e. The highest BCUT2D eigenvalue weighted by Crippen LogP contribution is 2.24. The third-order valence-electron chi connectivity index (χ3n) is 4.57. The van der Waals surface area contributed by atoms with Crippen molar-refractivity contribution in [3.63, 3.8) is 0 Å². The summed E-state index contributed by atoms with van der Waals surface area (Å²) in [5, 5.41) is 3.41. The van der Waals surface area contributed by atoms with Crippen molar-refractivity contribution in [3.8, 4) is 0 Å². The lowest BCUT2D eigenvalue weighted by Crippen LogP contribution is -2.33. The summed E-state index contributed by atoms with van der Waals surface area (Å²) >= 11 is 0. The average molecular weight is 310 g/mol. The summed E-state index contributed by atoms with van der Waals surface area (Å²) in [5.74, 6) is 3.55. The molecule has 4 heteroatoms. The summed E-state index contributed by atoms with van der Waals surface area (Å²) in [6.07, 6.45) is 3.54. The fourth-order valence-electron chi connectivity index (χ4n) is 2.99. The van der Waals surface area contributed by atoms with E-state index in [2.05, 4.69) is 64.4 Å². The van der Waals surface area contributed by atoms with Crippen LogP contribution in [-0.2, 0) is 6.42 Å². The maximum atomic E-state index is 4.63. The highest BCUT2D eigenvalue weighted by Gasteiger charge is 2.18. The number of anilines is 3.